The van der Waals surface area contributed by atoms with Gasteiger partial charge in [-0.05, 0) is 49.7 Å². The van der Waals surface area contributed by atoms with Gasteiger partial charge in [-0.2, -0.15) is 0 Å². The van der Waals surface area contributed by atoms with Crippen molar-refractivity contribution in [2.75, 3.05) is 50.0 Å². The van der Waals surface area contributed by atoms with E-state index in [1.807, 2.05) is 4.90 Å². The minimum absolute atomic E-state index is 0.179. The van der Waals surface area contributed by atoms with Crippen LogP contribution in [-0.2, 0) is 9.53 Å². The van der Waals surface area contributed by atoms with Gasteiger partial charge in [-0.15, -0.1) is 0 Å². The van der Waals surface area contributed by atoms with Crippen molar-refractivity contribution >= 4 is 29.3 Å². The van der Waals surface area contributed by atoms with Gasteiger partial charge >= 0.3 is 12.0 Å². The monoisotopic (exact) mass is 442 g/mol. The highest BCUT2D eigenvalue weighted by Crippen LogP contribution is 2.17. The quantitative estimate of drug-likeness (QED) is 0.671. The van der Waals surface area contributed by atoms with Crippen LogP contribution in [0.15, 0.2) is 48.5 Å². The van der Waals surface area contributed by atoms with Gasteiger partial charge in [-0.25, -0.2) is 14.0 Å². The molecule has 2 N–H and O–H groups in total. The molecule has 0 aliphatic carbocycles. The van der Waals surface area contributed by atoms with E-state index >= 15 is 0 Å². The van der Waals surface area contributed by atoms with Crippen molar-refractivity contribution in [3.8, 4) is 0 Å². The number of halogens is 1. The Kier molecular flexibility index (Phi) is 8.15. The van der Waals surface area contributed by atoms with Gasteiger partial charge in [0.2, 0.25) is 5.91 Å². The lowest BCUT2D eigenvalue weighted by Crippen LogP contribution is -2.39. The molecule has 0 saturated carbocycles. The molecule has 3 rings (SSSR count). The van der Waals surface area contributed by atoms with Crippen molar-refractivity contribution in [3.05, 3.63) is 59.9 Å². The summed E-state index contributed by atoms with van der Waals surface area (Å²) in [6.07, 6.45) is 0.705. The number of rotatable bonds is 6. The third-order valence-electron chi connectivity index (χ3n) is 5.03. The number of amides is 3. The minimum atomic E-state index is -0.488. The molecule has 9 heteroatoms. The standard InChI is InChI=1S/C23H27FN4O4/c1-2-32-22(30)19-6-3-4-7-20(19)26-23(31)28-13-5-12-27(14-15-28)16-21(29)25-18-10-8-17(24)9-11-18/h3-4,6-11H,2,5,12-16H2,1H3,(H,25,29)(H,26,31). The van der Waals surface area contributed by atoms with Crippen molar-refractivity contribution in [1.29, 1.82) is 0 Å². The molecule has 1 fully saturated rings. The number of anilines is 2. The molecule has 0 aromatic heterocycles. The van der Waals surface area contributed by atoms with Gasteiger partial charge in [-0.1, -0.05) is 12.1 Å². The highest BCUT2D eigenvalue weighted by atomic mass is 19.1. The third kappa shape index (κ3) is 6.52. The minimum Gasteiger partial charge on any atom is -0.462 e. The number of para-hydroxylation sites is 1. The predicted molar refractivity (Wildman–Crippen MR) is 119 cm³/mol. The van der Waals surface area contributed by atoms with E-state index in [4.69, 9.17) is 4.74 Å². The lowest BCUT2D eigenvalue weighted by atomic mass is 10.2. The van der Waals surface area contributed by atoms with Gasteiger partial charge in [-0.3, -0.25) is 9.69 Å². The molecule has 1 aliphatic heterocycles. The molecule has 0 bridgehead atoms. The Morgan fingerprint density at radius 3 is 2.47 bits per heavy atom. The SMILES string of the molecule is CCOC(=O)c1ccccc1NC(=O)N1CCCN(CC(=O)Nc2ccc(F)cc2)CC1. The summed E-state index contributed by atoms with van der Waals surface area (Å²) in [6.45, 7) is 4.32. The Bertz CT molecular complexity index is 951. The zero-order chi connectivity index (χ0) is 22.9. The second-order valence-corrected chi connectivity index (χ2v) is 7.37. The average Bonchev–Trinajstić information content (AvgIpc) is 3.01. The molecule has 0 radical (unpaired) electrons. The summed E-state index contributed by atoms with van der Waals surface area (Å²) in [6, 6.07) is 12.0. The van der Waals surface area contributed by atoms with Crippen molar-refractivity contribution in [2.24, 2.45) is 0 Å². The van der Waals surface area contributed by atoms with E-state index in [-0.39, 0.29) is 30.9 Å². The number of carbonyl (C=O) groups excluding carboxylic acids is 3. The molecule has 32 heavy (non-hydrogen) atoms. The number of carbonyl (C=O) groups is 3. The summed E-state index contributed by atoms with van der Waals surface area (Å²) in [5, 5.41) is 5.54. The van der Waals surface area contributed by atoms with E-state index in [1.54, 1.807) is 36.1 Å². The van der Waals surface area contributed by atoms with Crippen LogP contribution in [0, 0.1) is 5.82 Å². The summed E-state index contributed by atoms with van der Waals surface area (Å²) in [5.74, 6) is -1.05. The fourth-order valence-corrected chi connectivity index (χ4v) is 3.44. The molecular weight excluding hydrogens is 415 g/mol. The summed E-state index contributed by atoms with van der Waals surface area (Å²) in [7, 11) is 0. The van der Waals surface area contributed by atoms with Crippen LogP contribution >= 0.6 is 0 Å². The number of hydrogen-bond donors (Lipinski definition) is 2. The molecular formula is C23H27FN4O4. The van der Waals surface area contributed by atoms with Gasteiger partial charge in [0.25, 0.3) is 0 Å². The maximum absolute atomic E-state index is 13.0. The smallest absolute Gasteiger partial charge is 0.340 e. The van der Waals surface area contributed by atoms with Crippen LogP contribution in [0.25, 0.3) is 0 Å². The molecule has 3 amide bonds. The van der Waals surface area contributed by atoms with Gasteiger partial charge < -0.3 is 20.3 Å². The number of nitrogens with zero attached hydrogens (tertiary/aromatic N) is 2. The lowest BCUT2D eigenvalue weighted by Gasteiger charge is -2.22. The van der Waals surface area contributed by atoms with Gasteiger partial charge in [0.1, 0.15) is 5.82 Å². The highest BCUT2D eigenvalue weighted by Gasteiger charge is 2.22. The van der Waals surface area contributed by atoms with E-state index in [0.717, 1.165) is 0 Å². The Balaban J connectivity index is 1.52. The highest BCUT2D eigenvalue weighted by molar-refractivity contribution is 6.00. The molecule has 1 heterocycles. The predicted octanol–water partition coefficient (Wildman–Crippen LogP) is 3.18. The summed E-state index contributed by atoms with van der Waals surface area (Å²) < 4.78 is 18.0. The number of nitrogens with one attached hydrogen (secondary N) is 2. The lowest BCUT2D eigenvalue weighted by molar-refractivity contribution is -0.117. The fourth-order valence-electron chi connectivity index (χ4n) is 3.44. The first kappa shape index (κ1) is 23.2. The topological polar surface area (TPSA) is 91.0 Å². The largest absolute Gasteiger partial charge is 0.462 e. The molecule has 2 aromatic rings. The molecule has 8 nitrogen and oxygen atoms in total. The van der Waals surface area contributed by atoms with E-state index in [9.17, 15) is 18.8 Å². The maximum atomic E-state index is 13.0. The van der Waals surface area contributed by atoms with Crippen LogP contribution in [0.1, 0.15) is 23.7 Å². The zero-order valence-electron chi connectivity index (χ0n) is 18.0. The summed E-state index contributed by atoms with van der Waals surface area (Å²) in [5.41, 5.74) is 1.24. The third-order valence-corrected chi connectivity index (χ3v) is 5.03. The fraction of sp³-hybridized carbons (Fsp3) is 0.348. The Labute approximate surface area is 186 Å². The second kappa shape index (κ2) is 11.2. The average molecular weight is 442 g/mol. The molecule has 1 saturated heterocycles. The number of hydrogen-bond acceptors (Lipinski definition) is 5. The molecule has 2 aromatic carbocycles. The Morgan fingerprint density at radius 2 is 1.72 bits per heavy atom. The second-order valence-electron chi connectivity index (χ2n) is 7.37. The Morgan fingerprint density at radius 1 is 0.969 bits per heavy atom. The molecule has 0 atom stereocenters. The summed E-state index contributed by atoms with van der Waals surface area (Å²) >= 11 is 0. The van der Waals surface area contributed by atoms with Crippen LogP contribution in [0.2, 0.25) is 0 Å². The van der Waals surface area contributed by atoms with Gasteiger partial charge in [0.15, 0.2) is 0 Å². The first-order chi connectivity index (χ1) is 15.5. The van der Waals surface area contributed by atoms with Crippen molar-refractivity contribution < 1.29 is 23.5 Å². The molecule has 0 spiro atoms. The van der Waals surface area contributed by atoms with Crippen molar-refractivity contribution in [2.45, 2.75) is 13.3 Å². The first-order valence-electron chi connectivity index (χ1n) is 10.6. The Hall–Kier alpha value is -3.46. The number of benzene rings is 2. The van der Waals surface area contributed by atoms with E-state index < -0.39 is 5.97 Å². The number of ether oxygens (including phenoxy) is 1. The van der Waals surface area contributed by atoms with Crippen LogP contribution in [0.5, 0.6) is 0 Å². The van der Waals surface area contributed by atoms with E-state index in [2.05, 4.69) is 10.6 Å². The van der Waals surface area contributed by atoms with Crippen LogP contribution in [0.4, 0.5) is 20.6 Å². The van der Waals surface area contributed by atoms with E-state index in [0.29, 0.717) is 49.5 Å². The maximum Gasteiger partial charge on any atom is 0.340 e. The van der Waals surface area contributed by atoms with Crippen LogP contribution < -0.4 is 10.6 Å². The van der Waals surface area contributed by atoms with Crippen LogP contribution in [0.3, 0.4) is 0 Å². The molecule has 170 valence electrons. The summed E-state index contributed by atoms with van der Waals surface area (Å²) in [4.78, 5) is 40.8. The number of urea groups is 1. The zero-order valence-corrected chi connectivity index (χ0v) is 18.0. The van der Waals surface area contributed by atoms with Crippen molar-refractivity contribution in [3.63, 3.8) is 0 Å². The molecule has 1 aliphatic rings. The number of esters is 1. The van der Waals surface area contributed by atoms with Gasteiger partial charge in [0, 0.05) is 31.9 Å². The normalized spacial score (nSPS) is 14.4. The molecule has 0 unspecified atom stereocenters. The first-order valence-corrected chi connectivity index (χ1v) is 10.6. The van der Waals surface area contributed by atoms with Crippen molar-refractivity contribution in [1.82, 2.24) is 9.80 Å². The van der Waals surface area contributed by atoms with Crippen LogP contribution in [-0.4, -0.2) is 67.0 Å². The van der Waals surface area contributed by atoms with Gasteiger partial charge in [0.05, 0.1) is 24.4 Å². The van der Waals surface area contributed by atoms with E-state index in [1.165, 1.54) is 24.3 Å².